The molecular weight excluding hydrogens is 470 g/mol. The van der Waals surface area contributed by atoms with Crippen LogP contribution in [0.4, 0.5) is 0 Å². The zero-order valence-electron chi connectivity index (χ0n) is 22.0. The molecule has 4 aromatic rings. The molecular formula is C34H35NO3. The Bertz CT molecular complexity index is 1330. The Morgan fingerprint density at radius 3 is 2.18 bits per heavy atom. The standard InChI is InChI=1S/C34H35NO3/c1-36-30-17-18-31-33(23-30)38-24-32(27-11-9-26(10-12-27)25-7-3-2-4-8-25)34(31)28-13-15-29(16-14-28)37-22-21-35-19-5-6-20-35/h2-4,7-18,23,32,34H,5-6,19-22,24H2,1H3/t32-,34-/m0/s1. The van der Waals surface area contributed by atoms with Gasteiger partial charge in [-0.2, -0.15) is 0 Å². The van der Waals surface area contributed by atoms with Crippen LogP contribution in [-0.4, -0.2) is 44.9 Å². The van der Waals surface area contributed by atoms with E-state index in [4.69, 9.17) is 14.2 Å². The number of nitrogens with zero attached hydrogens (tertiary/aromatic N) is 1. The van der Waals surface area contributed by atoms with Gasteiger partial charge in [0.25, 0.3) is 0 Å². The van der Waals surface area contributed by atoms with Crippen LogP contribution in [0.1, 0.15) is 41.4 Å². The zero-order valence-corrected chi connectivity index (χ0v) is 22.0. The minimum absolute atomic E-state index is 0.172. The number of methoxy groups -OCH3 is 1. The quantitative estimate of drug-likeness (QED) is 0.255. The zero-order chi connectivity index (χ0) is 25.7. The maximum Gasteiger partial charge on any atom is 0.126 e. The number of hydrogen-bond acceptors (Lipinski definition) is 4. The van der Waals surface area contributed by atoms with Crippen LogP contribution in [0, 0.1) is 0 Å². The predicted molar refractivity (Wildman–Crippen MR) is 153 cm³/mol. The highest BCUT2D eigenvalue weighted by Crippen LogP contribution is 2.47. The topological polar surface area (TPSA) is 30.9 Å². The maximum absolute atomic E-state index is 6.32. The molecule has 0 radical (unpaired) electrons. The van der Waals surface area contributed by atoms with Crippen molar-refractivity contribution in [1.82, 2.24) is 4.90 Å². The molecule has 0 bridgehead atoms. The summed E-state index contributed by atoms with van der Waals surface area (Å²) in [5.74, 6) is 3.01. The van der Waals surface area contributed by atoms with Crippen molar-refractivity contribution in [1.29, 1.82) is 0 Å². The number of benzene rings is 4. The maximum atomic E-state index is 6.32. The van der Waals surface area contributed by atoms with Crippen molar-refractivity contribution in [3.63, 3.8) is 0 Å². The highest BCUT2D eigenvalue weighted by atomic mass is 16.5. The van der Waals surface area contributed by atoms with E-state index in [1.807, 2.05) is 12.1 Å². The monoisotopic (exact) mass is 505 g/mol. The second-order valence-corrected chi connectivity index (χ2v) is 10.3. The molecule has 0 unspecified atom stereocenters. The second-order valence-electron chi connectivity index (χ2n) is 10.3. The van der Waals surface area contributed by atoms with Gasteiger partial charge in [0.15, 0.2) is 0 Å². The molecule has 2 heterocycles. The van der Waals surface area contributed by atoms with Gasteiger partial charge in [0.1, 0.15) is 23.9 Å². The van der Waals surface area contributed by atoms with E-state index in [2.05, 4.69) is 89.8 Å². The first-order valence-electron chi connectivity index (χ1n) is 13.7. The lowest BCUT2D eigenvalue weighted by Crippen LogP contribution is -2.25. The van der Waals surface area contributed by atoms with Crippen LogP contribution in [0.5, 0.6) is 17.2 Å². The van der Waals surface area contributed by atoms with Crippen molar-refractivity contribution in [3.05, 3.63) is 114 Å². The Balaban J connectivity index is 1.26. The van der Waals surface area contributed by atoms with Crippen LogP contribution in [-0.2, 0) is 0 Å². The molecule has 0 saturated carbocycles. The molecule has 194 valence electrons. The van der Waals surface area contributed by atoms with Crippen LogP contribution in [0.3, 0.4) is 0 Å². The van der Waals surface area contributed by atoms with Crippen molar-refractivity contribution in [2.45, 2.75) is 24.7 Å². The van der Waals surface area contributed by atoms with Crippen molar-refractivity contribution < 1.29 is 14.2 Å². The molecule has 4 heteroatoms. The number of rotatable bonds is 8. The first kappa shape index (κ1) is 24.6. The van der Waals surface area contributed by atoms with Crippen molar-refractivity contribution >= 4 is 0 Å². The highest BCUT2D eigenvalue weighted by molar-refractivity contribution is 5.64. The third kappa shape index (κ3) is 5.27. The van der Waals surface area contributed by atoms with Gasteiger partial charge in [-0.05, 0) is 66.4 Å². The van der Waals surface area contributed by atoms with E-state index in [0.717, 1.165) is 30.4 Å². The minimum atomic E-state index is 0.172. The Kier molecular flexibility index (Phi) is 7.32. The van der Waals surface area contributed by atoms with Crippen molar-refractivity contribution in [2.24, 2.45) is 0 Å². The lowest BCUT2D eigenvalue weighted by Gasteiger charge is -2.35. The molecule has 0 aromatic heterocycles. The van der Waals surface area contributed by atoms with Gasteiger partial charge in [-0.3, -0.25) is 4.90 Å². The summed E-state index contributed by atoms with van der Waals surface area (Å²) in [5.41, 5.74) is 6.19. The molecule has 6 rings (SSSR count). The van der Waals surface area contributed by atoms with Gasteiger partial charge in [-0.1, -0.05) is 72.8 Å². The Labute approximate surface area is 225 Å². The van der Waals surface area contributed by atoms with E-state index in [0.29, 0.717) is 6.61 Å². The third-order valence-corrected chi connectivity index (χ3v) is 7.94. The van der Waals surface area contributed by atoms with E-state index in [1.54, 1.807) is 7.11 Å². The van der Waals surface area contributed by atoms with Gasteiger partial charge in [0.05, 0.1) is 13.7 Å². The largest absolute Gasteiger partial charge is 0.497 e. The van der Waals surface area contributed by atoms with Gasteiger partial charge >= 0.3 is 0 Å². The van der Waals surface area contributed by atoms with E-state index in [-0.39, 0.29) is 11.8 Å². The summed E-state index contributed by atoms with van der Waals surface area (Å²) < 4.78 is 17.9. The SMILES string of the molecule is COc1ccc2c(c1)OC[C@@H](c1ccc(-c3ccccc3)cc1)[C@H]2c1ccc(OCCN2CCCC2)cc1. The molecule has 2 aliphatic heterocycles. The van der Waals surface area contributed by atoms with E-state index < -0.39 is 0 Å². The number of likely N-dealkylation sites (tertiary alicyclic amines) is 1. The molecule has 4 nitrogen and oxygen atoms in total. The molecule has 0 aliphatic carbocycles. The van der Waals surface area contributed by atoms with Crippen LogP contribution in [0.2, 0.25) is 0 Å². The van der Waals surface area contributed by atoms with Crippen LogP contribution in [0.25, 0.3) is 11.1 Å². The summed E-state index contributed by atoms with van der Waals surface area (Å²) in [5, 5.41) is 0. The van der Waals surface area contributed by atoms with E-state index in [1.165, 1.54) is 53.7 Å². The van der Waals surface area contributed by atoms with Crippen LogP contribution >= 0.6 is 0 Å². The lowest BCUT2D eigenvalue weighted by molar-refractivity contribution is 0.237. The highest BCUT2D eigenvalue weighted by Gasteiger charge is 2.33. The summed E-state index contributed by atoms with van der Waals surface area (Å²) in [4.78, 5) is 2.48. The molecule has 2 aliphatic rings. The lowest BCUT2D eigenvalue weighted by atomic mass is 9.75. The first-order valence-corrected chi connectivity index (χ1v) is 13.7. The summed E-state index contributed by atoms with van der Waals surface area (Å²) in [6, 6.07) is 34.4. The average molecular weight is 506 g/mol. The third-order valence-electron chi connectivity index (χ3n) is 7.94. The second kappa shape index (κ2) is 11.3. The fraction of sp³-hybridized carbons (Fsp3) is 0.294. The Morgan fingerprint density at radius 1 is 0.763 bits per heavy atom. The van der Waals surface area contributed by atoms with E-state index >= 15 is 0 Å². The number of ether oxygens (including phenoxy) is 3. The normalized spacial score (nSPS) is 19.0. The smallest absolute Gasteiger partial charge is 0.126 e. The number of hydrogen-bond donors (Lipinski definition) is 0. The molecule has 0 spiro atoms. The van der Waals surface area contributed by atoms with Crippen LogP contribution in [0.15, 0.2) is 97.1 Å². The summed E-state index contributed by atoms with van der Waals surface area (Å²) in [7, 11) is 1.70. The summed E-state index contributed by atoms with van der Waals surface area (Å²) in [6.45, 7) is 4.74. The predicted octanol–water partition coefficient (Wildman–Crippen LogP) is 7.14. The van der Waals surface area contributed by atoms with Gasteiger partial charge in [0.2, 0.25) is 0 Å². The molecule has 0 N–H and O–H groups in total. The number of fused-ring (bicyclic) bond motifs is 1. The molecule has 4 aromatic carbocycles. The molecule has 38 heavy (non-hydrogen) atoms. The Hall–Kier alpha value is -3.76. The summed E-state index contributed by atoms with van der Waals surface area (Å²) >= 11 is 0. The van der Waals surface area contributed by atoms with Gasteiger partial charge < -0.3 is 14.2 Å². The van der Waals surface area contributed by atoms with Crippen molar-refractivity contribution in [3.8, 4) is 28.4 Å². The molecule has 0 amide bonds. The van der Waals surface area contributed by atoms with Gasteiger partial charge in [-0.15, -0.1) is 0 Å². The Morgan fingerprint density at radius 2 is 1.45 bits per heavy atom. The minimum Gasteiger partial charge on any atom is -0.497 e. The van der Waals surface area contributed by atoms with Gasteiger partial charge in [-0.25, -0.2) is 0 Å². The van der Waals surface area contributed by atoms with Crippen molar-refractivity contribution in [2.75, 3.05) is 40.0 Å². The van der Waals surface area contributed by atoms with E-state index in [9.17, 15) is 0 Å². The average Bonchev–Trinajstić information content (AvgIpc) is 3.51. The van der Waals surface area contributed by atoms with Crippen LogP contribution < -0.4 is 14.2 Å². The molecule has 2 atom stereocenters. The molecule has 1 fully saturated rings. The van der Waals surface area contributed by atoms with Gasteiger partial charge in [0, 0.05) is 30.0 Å². The summed E-state index contributed by atoms with van der Waals surface area (Å²) in [6.07, 6.45) is 2.62. The molecule has 1 saturated heterocycles. The fourth-order valence-corrected chi connectivity index (χ4v) is 5.84. The first-order chi connectivity index (χ1) is 18.8. The fourth-order valence-electron chi connectivity index (χ4n) is 5.84.